The number of rotatable bonds is 4. The molecule has 1 aromatic heterocycles. The Labute approximate surface area is 111 Å². The van der Waals surface area contributed by atoms with Gasteiger partial charge in [-0.25, -0.2) is 0 Å². The summed E-state index contributed by atoms with van der Waals surface area (Å²) in [6.45, 7) is 0.749. The van der Waals surface area contributed by atoms with Crippen molar-refractivity contribution in [3.8, 4) is 6.07 Å². The fourth-order valence-corrected chi connectivity index (χ4v) is 1.82. The van der Waals surface area contributed by atoms with Gasteiger partial charge in [0.2, 0.25) is 0 Å². The van der Waals surface area contributed by atoms with Gasteiger partial charge in [0, 0.05) is 24.0 Å². The molecule has 0 saturated heterocycles. The molecule has 0 atom stereocenters. The van der Waals surface area contributed by atoms with Gasteiger partial charge in [-0.2, -0.15) is 5.26 Å². The SMILES string of the molecule is N#Cc1ccc(Cl)cc1NCCc1ccncc1. The lowest BCUT2D eigenvalue weighted by atomic mass is 10.1. The molecule has 0 fully saturated rings. The third-order valence-electron chi connectivity index (χ3n) is 2.58. The van der Waals surface area contributed by atoms with Gasteiger partial charge in [-0.15, -0.1) is 0 Å². The molecular weight excluding hydrogens is 246 g/mol. The minimum absolute atomic E-state index is 0.606. The van der Waals surface area contributed by atoms with Gasteiger partial charge in [0.05, 0.1) is 11.3 Å². The zero-order valence-electron chi connectivity index (χ0n) is 9.73. The topological polar surface area (TPSA) is 48.7 Å². The van der Waals surface area contributed by atoms with Gasteiger partial charge in [-0.3, -0.25) is 4.98 Å². The maximum Gasteiger partial charge on any atom is 0.101 e. The summed E-state index contributed by atoms with van der Waals surface area (Å²) in [5, 5.41) is 12.8. The van der Waals surface area contributed by atoms with E-state index in [0.29, 0.717) is 10.6 Å². The van der Waals surface area contributed by atoms with Crippen molar-refractivity contribution in [3.05, 3.63) is 58.9 Å². The van der Waals surface area contributed by atoms with Crippen LogP contribution in [0.25, 0.3) is 0 Å². The Morgan fingerprint density at radius 1 is 1.22 bits per heavy atom. The molecule has 0 saturated carbocycles. The maximum absolute atomic E-state index is 8.98. The lowest BCUT2D eigenvalue weighted by molar-refractivity contribution is 1.01. The fraction of sp³-hybridized carbons (Fsp3) is 0.143. The van der Waals surface area contributed by atoms with Crippen molar-refractivity contribution in [1.82, 2.24) is 4.98 Å². The number of pyridine rings is 1. The zero-order chi connectivity index (χ0) is 12.8. The van der Waals surface area contributed by atoms with Crippen LogP contribution in [0.3, 0.4) is 0 Å². The van der Waals surface area contributed by atoms with E-state index >= 15 is 0 Å². The van der Waals surface area contributed by atoms with Crippen molar-refractivity contribution >= 4 is 17.3 Å². The predicted octanol–water partition coefficient (Wildman–Crippen LogP) is 3.26. The van der Waals surface area contributed by atoms with Gasteiger partial charge in [-0.05, 0) is 42.3 Å². The average molecular weight is 258 g/mol. The summed E-state index contributed by atoms with van der Waals surface area (Å²) in [5.74, 6) is 0. The van der Waals surface area contributed by atoms with E-state index in [1.165, 1.54) is 5.56 Å². The first kappa shape index (κ1) is 12.4. The van der Waals surface area contributed by atoms with Crippen LogP contribution in [-0.4, -0.2) is 11.5 Å². The van der Waals surface area contributed by atoms with E-state index in [1.54, 1.807) is 30.6 Å². The summed E-state index contributed by atoms with van der Waals surface area (Å²) >= 11 is 5.91. The van der Waals surface area contributed by atoms with Gasteiger partial charge in [0.15, 0.2) is 0 Å². The van der Waals surface area contributed by atoms with Gasteiger partial charge < -0.3 is 5.32 Å². The summed E-state index contributed by atoms with van der Waals surface area (Å²) < 4.78 is 0. The van der Waals surface area contributed by atoms with E-state index < -0.39 is 0 Å². The quantitative estimate of drug-likeness (QED) is 0.915. The molecule has 1 N–H and O–H groups in total. The normalized spacial score (nSPS) is 9.78. The van der Waals surface area contributed by atoms with Crippen LogP contribution in [0.5, 0.6) is 0 Å². The number of benzene rings is 1. The second-order valence-electron chi connectivity index (χ2n) is 3.83. The smallest absolute Gasteiger partial charge is 0.101 e. The van der Waals surface area contributed by atoms with E-state index in [9.17, 15) is 0 Å². The monoisotopic (exact) mass is 257 g/mol. The van der Waals surface area contributed by atoms with Crippen molar-refractivity contribution in [2.45, 2.75) is 6.42 Å². The number of halogens is 1. The second kappa shape index (κ2) is 6.04. The summed E-state index contributed by atoms with van der Waals surface area (Å²) in [6.07, 6.45) is 4.42. The van der Waals surface area contributed by atoms with Crippen molar-refractivity contribution in [2.75, 3.05) is 11.9 Å². The summed E-state index contributed by atoms with van der Waals surface area (Å²) in [5.41, 5.74) is 2.59. The van der Waals surface area contributed by atoms with E-state index in [2.05, 4.69) is 16.4 Å². The minimum atomic E-state index is 0.606. The Hall–Kier alpha value is -2.05. The van der Waals surface area contributed by atoms with Crippen LogP contribution in [0, 0.1) is 11.3 Å². The van der Waals surface area contributed by atoms with Crippen LogP contribution < -0.4 is 5.32 Å². The van der Waals surface area contributed by atoms with Crippen LogP contribution in [-0.2, 0) is 6.42 Å². The molecule has 2 aromatic rings. The molecule has 0 aliphatic heterocycles. The van der Waals surface area contributed by atoms with Crippen molar-refractivity contribution in [2.24, 2.45) is 0 Å². The first-order chi connectivity index (χ1) is 8.79. The first-order valence-corrected chi connectivity index (χ1v) is 6.00. The molecule has 0 radical (unpaired) electrons. The van der Waals surface area contributed by atoms with Crippen LogP contribution in [0.2, 0.25) is 5.02 Å². The Bertz CT molecular complexity index is 561. The maximum atomic E-state index is 8.98. The Morgan fingerprint density at radius 2 is 2.00 bits per heavy atom. The number of nitriles is 1. The van der Waals surface area contributed by atoms with E-state index in [4.69, 9.17) is 16.9 Å². The van der Waals surface area contributed by atoms with Crippen LogP contribution >= 0.6 is 11.6 Å². The highest BCUT2D eigenvalue weighted by atomic mass is 35.5. The fourth-order valence-electron chi connectivity index (χ4n) is 1.65. The number of nitrogens with zero attached hydrogens (tertiary/aromatic N) is 2. The van der Waals surface area contributed by atoms with Crippen LogP contribution in [0.4, 0.5) is 5.69 Å². The third-order valence-corrected chi connectivity index (χ3v) is 2.82. The van der Waals surface area contributed by atoms with Crippen LogP contribution in [0.15, 0.2) is 42.7 Å². The molecule has 0 aliphatic rings. The molecule has 90 valence electrons. The molecule has 1 aromatic carbocycles. The van der Waals surface area contributed by atoms with Gasteiger partial charge in [0.1, 0.15) is 6.07 Å². The molecule has 18 heavy (non-hydrogen) atoms. The zero-order valence-corrected chi connectivity index (χ0v) is 10.5. The molecule has 2 rings (SSSR count). The Kier molecular flexibility index (Phi) is 4.16. The minimum Gasteiger partial charge on any atom is -0.384 e. The summed E-state index contributed by atoms with van der Waals surface area (Å²) in [4.78, 5) is 3.97. The highest BCUT2D eigenvalue weighted by molar-refractivity contribution is 6.30. The second-order valence-corrected chi connectivity index (χ2v) is 4.27. The molecule has 1 heterocycles. The van der Waals surface area contributed by atoms with E-state index in [0.717, 1.165) is 18.7 Å². The molecule has 0 amide bonds. The molecule has 0 aliphatic carbocycles. The lowest BCUT2D eigenvalue weighted by Gasteiger charge is -2.08. The average Bonchev–Trinajstić information content (AvgIpc) is 2.40. The highest BCUT2D eigenvalue weighted by Crippen LogP contribution is 2.20. The predicted molar refractivity (Wildman–Crippen MR) is 72.6 cm³/mol. The van der Waals surface area contributed by atoms with E-state index in [-0.39, 0.29) is 0 Å². The Balaban J connectivity index is 1.98. The van der Waals surface area contributed by atoms with Gasteiger partial charge >= 0.3 is 0 Å². The molecule has 4 heteroatoms. The Morgan fingerprint density at radius 3 is 2.72 bits per heavy atom. The number of anilines is 1. The lowest BCUT2D eigenvalue weighted by Crippen LogP contribution is -2.06. The number of hydrogen-bond acceptors (Lipinski definition) is 3. The van der Waals surface area contributed by atoms with Crippen molar-refractivity contribution in [3.63, 3.8) is 0 Å². The third kappa shape index (κ3) is 3.22. The molecule has 3 nitrogen and oxygen atoms in total. The largest absolute Gasteiger partial charge is 0.384 e. The summed E-state index contributed by atoms with van der Waals surface area (Å²) in [7, 11) is 0. The van der Waals surface area contributed by atoms with E-state index in [1.807, 2.05) is 12.1 Å². The molecule has 0 unspecified atom stereocenters. The van der Waals surface area contributed by atoms with Crippen LogP contribution in [0.1, 0.15) is 11.1 Å². The van der Waals surface area contributed by atoms with Crippen molar-refractivity contribution in [1.29, 1.82) is 5.26 Å². The van der Waals surface area contributed by atoms with Crippen molar-refractivity contribution < 1.29 is 0 Å². The standard InChI is InChI=1S/C14H12ClN3/c15-13-2-1-12(10-16)14(9-13)18-8-5-11-3-6-17-7-4-11/h1-4,6-7,9,18H,5,8H2. The first-order valence-electron chi connectivity index (χ1n) is 5.62. The molecule has 0 spiro atoms. The number of nitrogens with one attached hydrogen (secondary N) is 1. The number of hydrogen-bond donors (Lipinski definition) is 1. The highest BCUT2D eigenvalue weighted by Gasteiger charge is 2.02. The number of aromatic nitrogens is 1. The van der Waals surface area contributed by atoms with Gasteiger partial charge in [-0.1, -0.05) is 11.6 Å². The molecule has 0 bridgehead atoms. The summed E-state index contributed by atoms with van der Waals surface area (Å²) in [6, 6.07) is 11.3. The van der Waals surface area contributed by atoms with Gasteiger partial charge in [0.25, 0.3) is 0 Å². The molecular formula is C14H12ClN3.